The molecular formula is C16H17Cl. The minimum atomic E-state index is 0.131. The molecule has 0 saturated heterocycles. The Hall–Kier alpha value is -1.27. The molecule has 0 nitrogen and oxygen atoms in total. The van der Waals surface area contributed by atoms with Crippen molar-refractivity contribution in [2.45, 2.75) is 25.7 Å². The van der Waals surface area contributed by atoms with Gasteiger partial charge in [0, 0.05) is 5.02 Å². The molecule has 0 N–H and O–H groups in total. The summed E-state index contributed by atoms with van der Waals surface area (Å²) in [7, 11) is 0. The number of halogens is 1. The van der Waals surface area contributed by atoms with E-state index in [-0.39, 0.29) is 5.41 Å². The minimum Gasteiger partial charge on any atom is -0.0843 e. The molecule has 0 aromatic heterocycles. The Balaban J connectivity index is 2.21. The molecule has 2 rings (SSSR count). The Labute approximate surface area is 108 Å². The second-order valence-corrected chi connectivity index (χ2v) is 5.49. The lowest BCUT2D eigenvalue weighted by atomic mass is 9.79. The molecule has 0 spiro atoms. The molecule has 1 heteroatoms. The summed E-state index contributed by atoms with van der Waals surface area (Å²) in [6, 6.07) is 18.7. The molecule has 0 aliphatic heterocycles. The highest BCUT2D eigenvalue weighted by Gasteiger charge is 2.20. The number of rotatable bonds is 3. The van der Waals surface area contributed by atoms with Crippen molar-refractivity contribution in [1.82, 2.24) is 0 Å². The molecule has 0 atom stereocenters. The molecule has 2 aromatic rings. The van der Waals surface area contributed by atoms with E-state index in [9.17, 15) is 0 Å². The van der Waals surface area contributed by atoms with Crippen LogP contribution in [0.15, 0.2) is 54.6 Å². The van der Waals surface area contributed by atoms with Crippen molar-refractivity contribution in [3.05, 3.63) is 70.7 Å². The average Bonchev–Trinajstić information content (AvgIpc) is 2.30. The zero-order chi connectivity index (χ0) is 12.3. The lowest BCUT2D eigenvalue weighted by molar-refractivity contribution is 0.522. The van der Waals surface area contributed by atoms with Crippen LogP contribution in [0.25, 0.3) is 0 Å². The van der Waals surface area contributed by atoms with Gasteiger partial charge in [-0.05, 0) is 35.1 Å². The summed E-state index contributed by atoms with van der Waals surface area (Å²) in [6.07, 6.45) is 1.04. The van der Waals surface area contributed by atoms with Gasteiger partial charge in [-0.2, -0.15) is 0 Å². The molecule has 0 saturated carbocycles. The van der Waals surface area contributed by atoms with Crippen molar-refractivity contribution in [2.75, 3.05) is 0 Å². The molecular weight excluding hydrogens is 228 g/mol. The third-order valence-electron chi connectivity index (χ3n) is 3.11. The van der Waals surface area contributed by atoms with E-state index in [1.54, 1.807) is 0 Å². The molecule has 0 amide bonds. The molecule has 0 radical (unpaired) electrons. The first-order chi connectivity index (χ1) is 8.08. The molecule has 0 aliphatic rings. The molecule has 2 aromatic carbocycles. The van der Waals surface area contributed by atoms with E-state index in [0.717, 1.165) is 11.4 Å². The first-order valence-electron chi connectivity index (χ1n) is 5.88. The lowest BCUT2D eigenvalue weighted by Crippen LogP contribution is -2.20. The summed E-state index contributed by atoms with van der Waals surface area (Å²) in [5.74, 6) is 0. The Morgan fingerprint density at radius 3 is 2.06 bits per heavy atom. The second kappa shape index (κ2) is 4.93. The first-order valence-corrected chi connectivity index (χ1v) is 6.26. The van der Waals surface area contributed by atoms with Gasteiger partial charge in [-0.15, -0.1) is 0 Å². The Bertz CT molecular complexity index is 469. The molecule has 0 bridgehead atoms. The maximum absolute atomic E-state index is 5.92. The summed E-state index contributed by atoms with van der Waals surface area (Å²) < 4.78 is 0. The van der Waals surface area contributed by atoms with Gasteiger partial charge < -0.3 is 0 Å². The Morgan fingerprint density at radius 1 is 0.882 bits per heavy atom. The van der Waals surface area contributed by atoms with E-state index < -0.39 is 0 Å². The van der Waals surface area contributed by atoms with E-state index in [1.165, 1.54) is 11.1 Å². The van der Waals surface area contributed by atoms with Crippen LogP contribution in [0.1, 0.15) is 25.0 Å². The normalized spacial score (nSPS) is 11.5. The monoisotopic (exact) mass is 244 g/mol. The van der Waals surface area contributed by atoms with Crippen molar-refractivity contribution < 1.29 is 0 Å². The third kappa shape index (κ3) is 3.10. The maximum Gasteiger partial charge on any atom is 0.0406 e. The largest absolute Gasteiger partial charge is 0.0843 e. The summed E-state index contributed by atoms with van der Waals surface area (Å²) in [4.78, 5) is 0. The van der Waals surface area contributed by atoms with Gasteiger partial charge >= 0.3 is 0 Å². The van der Waals surface area contributed by atoms with Crippen LogP contribution in [-0.4, -0.2) is 0 Å². The summed E-state index contributed by atoms with van der Waals surface area (Å²) in [5.41, 5.74) is 2.82. The minimum absolute atomic E-state index is 0.131. The standard InChI is InChI=1S/C16H17Cl/c1-16(2,12-13-6-4-3-5-7-13)14-8-10-15(17)11-9-14/h3-11H,12H2,1-2H3. The van der Waals surface area contributed by atoms with Crippen LogP contribution >= 0.6 is 11.6 Å². The fraction of sp³-hybridized carbons (Fsp3) is 0.250. The van der Waals surface area contributed by atoms with Crippen LogP contribution < -0.4 is 0 Å². The van der Waals surface area contributed by atoms with Crippen LogP contribution in [0, 0.1) is 0 Å². The van der Waals surface area contributed by atoms with E-state index in [4.69, 9.17) is 11.6 Å². The van der Waals surface area contributed by atoms with Gasteiger partial charge in [0.2, 0.25) is 0 Å². The van der Waals surface area contributed by atoms with E-state index in [0.29, 0.717) is 0 Å². The highest BCUT2D eigenvalue weighted by molar-refractivity contribution is 6.30. The fourth-order valence-electron chi connectivity index (χ4n) is 2.11. The topological polar surface area (TPSA) is 0 Å². The number of benzene rings is 2. The van der Waals surface area contributed by atoms with Gasteiger partial charge in [-0.25, -0.2) is 0 Å². The predicted octanol–water partition coefficient (Wildman–Crippen LogP) is 4.86. The van der Waals surface area contributed by atoms with E-state index in [2.05, 4.69) is 56.3 Å². The predicted molar refractivity (Wildman–Crippen MR) is 74.6 cm³/mol. The third-order valence-corrected chi connectivity index (χ3v) is 3.37. The van der Waals surface area contributed by atoms with Crippen molar-refractivity contribution >= 4 is 11.6 Å². The average molecular weight is 245 g/mol. The van der Waals surface area contributed by atoms with Crippen LogP contribution in [0.5, 0.6) is 0 Å². The highest BCUT2D eigenvalue weighted by atomic mass is 35.5. The van der Waals surface area contributed by atoms with Gasteiger partial charge in [0.05, 0.1) is 0 Å². The molecule has 0 aliphatic carbocycles. The maximum atomic E-state index is 5.92. The number of hydrogen-bond donors (Lipinski definition) is 0. The number of hydrogen-bond acceptors (Lipinski definition) is 0. The molecule has 17 heavy (non-hydrogen) atoms. The Kier molecular flexibility index (Phi) is 3.54. The van der Waals surface area contributed by atoms with Gasteiger partial charge in [-0.1, -0.05) is 67.9 Å². The van der Waals surface area contributed by atoms with Crippen LogP contribution in [0.2, 0.25) is 5.02 Å². The van der Waals surface area contributed by atoms with Crippen LogP contribution in [-0.2, 0) is 11.8 Å². The molecule has 88 valence electrons. The smallest absolute Gasteiger partial charge is 0.0406 e. The quantitative estimate of drug-likeness (QED) is 0.723. The van der Waals surface area contributed by atoms with Crippen molar-refractivity contribution in [3.63, 3.8) is 0 Å². The second-order valence-electron chi connectivity index (χ2n) is 5.05. The Morgan fingerprint density at radius 2 is 1.47 bits per heavy atom. The van der Waals surface area contributed by atoms with Gasteiger partial charge in [0.15, 0.2) is 0 Å². The lowest BCUT2D eigenvalue weighted by Gasteiger charge is -2.25. The fourth-order valence-corrected chi connectivity index (χ4v) is 2.24. The molecule has 0 heterocycles. The SMILES string of the molecule is CC(C)(Cc1ccccc1)c1ccc(Cl)cc1. The van der Waals surface area contributed by atoms with Crippen molar-refractivity contribution in [2.24, 2.45) is 0 Å². The van der Waals surface area contributed by atoms with Crippen molar-refractivity contribution in [1.29, 1.82) is 0 Å². The zero-order valence-corrected chi connectivity index (χ0v) is 11.0. The van der Waals surface area contributed by atoms with E-state index >= 15 is 0 Å². The molecule has 0 fully saturated rings. The van der Waals surface area contributed by atoms with Gasteiger partial charge in [-0.3, -0.25) is 0 Å². The van der Waals surface area contributed by atoms with E-state index in [1.807, 2.05) is 12.1 Å². The summed E-state index contributed by atoms with van der Waals surface area (Å²) in [6.45, 7) is 4.53. The van der Waals surface area contributed by atoms with Gasteiger partial charge in [0.1, 0.15) is 0 Å². The first kappa shape index (κ1) is 12.2. The molecule has 0 unspecified atom stereocenters. The summed E-state index contributed by atoms with van der Waals surface area (Å²) >= 11 is 5.92. The zero-order valence-electron chi connectivity index (χ0n) is 10.3. The van der Waals surface area contributed by atoms with Gasteiger partial charge in [0.25, 0.3) is 0 Å². The van der Waals surface area contributed by atoms with Crippen LogP contribution in [0.4, 0.5) is 0 Å². The highest BCUT2D eigenvalue weighted by Crippen LogP contribution is 2.28. The summed E-state index contributed by atoms with van der Waals surface area (Å²) in [5, 5.41) is 0.796. The van der Waals surface area contributed by atoms with Crippen molar-refractivity contribution in [3.8, 4) is 0 Å². The van der Waals surface area contributed by atoms with Crippen LogP contribution in [0.3, 0.4) is 0 Å².